The maximum Gasteiger partial charge on any atom is 0.410 e. The molecule has 0 aliphatic carbocycles. The number of likely N-dealkylation sites (tertiary alicyclic amines) is 1. The lowest BCUT2D eigenvalue weighted by molar-refractivity contribution is -0.149. The van der Waals surface area contributed by atoms with E-state index in [1.807, 2.05) is 42.5 Å². The van der Waals surface area contributed by atoms with Gasteiger partial charge in [0.15, 0.2) is 5.78 Å². The Morgan fingerprint density at radius 3 is 2.23 bits per heavy atom. The van der Waals surface area contributed by atoms with Crippen LogP contribution in [0.5, 0.6) is 0 Å². The highest BCUT2D eigenvalue weighted by Crippen LogP contribution is 2.36. The van der Waals surface area contributed by atoms with Crippen LogP contribution < -0.4 is 0 Å². The highest BCUT2D eigenvalue weighted by molar-refractivity contribution is 6.00. The smallest absolute Gasteiger partial charge is 0.410 e. The Morgan fingerprint density at radius 1 is 1.00 bits per heavy atom. The van der Waals surface area contributed by atoms with Crippen LogP contribution in [-0.4, -0.2) is 48.2 Å². The van der Waals surface area contributed by atoms with Gasteiger partial charge in [-0.3, -0.25) is 9.69 Å². The van der Waals surface area contributed by atoms with E-state index in [0.717, 1.165) is 11.1 Å². The van der Waals surface area contributed by atoms with Crippen LogP contribution in [0.4, 0.5) is 4.79 Å². The molecule has 0 unspecified atom stereocenters. The number of rotatable bonds is 8. The van der Waals surface area contributed by atoms with Gasteiger partial charge in [0.05, 0.1) is 6.61 Å². The van der Waals surface area contributed by atoms with Crippen LogP contribution in [0, 0.1) is 11.8 Å². The summed E-state index contributed by atoms with van der Waals surface area (Å²) in [7, 11) is 0. The summed E-state index contributed by atoms with van der Waals surface area (Å²) >= 11 is 0. The normalized spacial score (nSPS) is 19.8. The Morgan fingerprint density at radius 2 is 1.66 bits per heavy atom. The molecule has 0 radical (unpaired) electrons. The van der Waals surface area contributed by atoms with E-state index in [4.69, 9.17) is 9.47 Å². The third-order valence-electron chi connectivity index (χ3n) is 6.36. The number of ketones is 1. The van der Waals surface area contributed by atoms with Gasteiger partial charge >= 0.3 is 12.1 Å². The van der Waals surface area contributed by atoms with Crippen molar-refractivity contribution in [1.82, 2.24) is 4.90 Å². The predicted octanol–water partition coefficient (Wildman–Crippen LogP) is 4.57. The zero-order chi connectivity index (χ0) is 25.6. The molecule has 0 aromatic heterocycles. The van der Waals surface area contributed by atoms with Crippen molar-refractivity contribution >= 4 is 24.1 Å². The number of aldehydes is 1. The molecule has 0 spiro atoms. The van der Waals surface area contributed by atoms with Crippen LogP contribution >= 0.6 is 0 Å². The van der Waals surface area contributed by atoms with E-state index in [1.165, 1.54) is 4.90 Å². The van der Waals surface area contributed by atoms with Crippen molar-refractivity contribution in [3.05, 3.63) is 71.3 Å². The molecular weight excluding hydrogens is 446 g/mol. The fraction of sp³-hybridized carbons (Fsp3) is 0.429. The SMILES string of the molecule is CCOC(=O)[C@@H]1[C@@H](CC=O)[C@@H](C(=O)c2ccc(C(C)(C)C)cc2)CN1C(=O)OCc1ccccc1. The van der Waals surface area contributed by atoms with Gasteiger partial charge in [0.2, 0.25) is 0 Å². The summed E-state index contributed by atoms with van der Waals surface area (Å²) in [6, 6.07) is 15.4. The number of hydrogen-bond donors (Lipinski definition) is 0. The highest BCUT2D eigenvalue weighted by Gasteiger charge is 2.51. The van der Waals surface area contributed by atoms with Gasteiger partial charge < -0.3 is 14.3 Å². The topological polar surface area (TPSA) is 90.0 Å². The standard InChI is InChI=1S/C28H33NO6/c1-5-34-26(32)24-22(15-16-30)23(25(31)20-11-13-21(14-12-20)28(2,3)4)17-29(24)27(33)35-18-19-9-7-6-8-10-19/h6-14,16,22-24H,5,15,17-18H2,1-4H3/t22-,23-,24-/m0/s1. The molecule has 1 aliphatic heterocycles. The van der Waals surface area contributed by atoms with Gasteiger partial charge in [-0.1, -0.05) is 75.4 Å². The Kier molecular flexibility index (Phi) is 8.43. The van der Waals surface area contributed by atoms with Gasteiger partial charge in [0.1, 0.15) is 18.9 Å². The molecule has 1 aliphatic rings. The monoisotopic (exact) mass is 479 g/mol. The molecule has 2 aromatic carbocycles. The second kappa shape index (κ2) is 11.3. The quantitative estimate of drug-likeness (QED) is 0.313. The number of amides is 1. The largest absolute Gasteiger partial charge is 0.464 e. The van der Waals surface area contributed by atoms with Crippen molar-refractivity contribution in [2.75, 3.05) is 13.2 Å². The minimum atomic E-state index is -1.08. The average molecular weight is 480 g/mol. The third-order valence-corrected chi connectivity index (χ3v) is 6.36. The Hall–Kier alpha value is -3.48. The number of Topliss-reactive ketones (excluding diaryl/α,β-unsaturated/α-hetero) is 1. The molecule has 3 rings (SSSR count). The van der Waals surface area contributed by atoms with Gasteiger partial charge in [0.25, 0.3) is 0 Å². The molecule has 0 bridgehead atoms. The van der Waals surface area contributed by atoms with E-state index in [1.54, 1.807) is 19.1 Å². The van der Waals surface area contributed by atoms with Gasteiger partial charge in [-0.2, -0.15) is 0 Å². The first-order valence-corrected chi connectivity index (χ1v) is 11.9. The van der Waals surface area contributed by atoms with E-state index in [-0.39, 0.29) is 37.4 Å². The number of esters is 1. The van der Waals surface area contributed by atoms with Crippen molar-refractivity contribution in [1.29, 1.82) is 0 Å². The molecule has 0 saturated carbocycles. The summed E-state index contributed by atoms with van der Waals surface area (Å²) in [4.78, 5) is 52.2. The van der Waals surface area contributed by atoms with Crippen molar-refractivity contribution in [3.63, 3.8) is 0 Å². The first-order valence-electron chi connectivity index (χ1n) is 11.9. The minimum Gasteiger partial charge on any atom is -0.464 e. The maximum atomic E-state index is 13.5. The third kappa shape index (κ3) is 6.15. The summed E-state index contributed by atoms with van der Waals surface area (Å²) in [5, 5.41) is 0. The fourth-order valence-corrected chi connectivity index (χ4v) is 4.46. The molecule has 1 fully saturated rings. The second-order valence-corrected chi connectivity index (χ2v) is 9.75. The molecule has 0 N–H and O–H groups in total. The van der Waals surface area contributed by atoms with Crippen LogP contribution in [0.25, 0.3) is 0 Å². The number of benzene rings is 2. The predicted molar refractivity (Wildman–Crippen MR) is 131 cm³/mol. The molecule has 1 heterocycles. The molecule has 3 atom stereocenters. The van der Waals surface area contributed by atoms with Crippen LogP contribution in [0.1, 0.15) is 55.6 Å². The van der Waals surface area contributed by atoms with Crippen molar-refractivity contribution in [2.24, 2.45) is 11.8 Å². The maximum absolute atomic E-state index is 13.5. The molecule has 1 amide bonds. The second-order valence-electron chi connectivity index (χ2n) is 9.75. The van der Waals surface area contributed by atoms with E-state index < -0.39 is 29.9 Å². The molecule has 1 saturated heterocycles. The summed E-state index contributed by atoms with van der Waals surface area (Å²) in [6.45, 7) is 8.03. The number of carbonyl (C=O) groups is 4. The van der Waals surface area contributed by atoms with E-state index in [0.29, 0.717) is 11.8 Å². The molecule has 7 nitrogen and oxygen atoms in total. The van der Waals surface area contributed by atoms with Crippen molar-refractivity contribution < 1.29 is 28.7 Å². The molecule has 2 aromatic rings. The number of ether oxygens (including phenoxy) is 2. The van der Waals surface area contributed by atoms with Gasteiger partial charge in [-0.25, -0.2) is 9.59 Å². The lowest BCUT2D eigenvalue weighted by Gasteiger charge is -2.25. The van der Waals surface area contributed by atoms with E-state index in [9.17, 15) is 19.2 Å². The molecule has 186 valence electrons. The highest BCUT2D eigenvalue weighted by atomic mass is 16.6. The van der Waals surface area contributed by atoms with Gasteiger partial charge in [-0.15, -0.1) is 0 Å². The van der Waals surface area contributed by atoms with Gasteiger partial charge in [0, 0.05) is 30.4 Å². The van der Waals surface area contributed by atoms with Crippen LogP contribution in [-0.2, 0) is 31.1 Å². The lowest BCUT2D eigenvalue weighted by atomic mass is 9.82. The fourth-order valence-electron chi connectivity index (χ4n) is 4.46. The van der Waals surface area contributed by atoms with Crippen molar-refractivity contribution in [3.8, 4) is 0 Å². The van der Waals surface area contributed by atoms with Crippen molar-refractivity contribution in [2.45, 2.75) is 52.2 Å². The Labute approximate surface area is 206 Å². The Bertz CT molecular complexity index is 1040. The molecule has 7 heteroatoms. The minimum absolute atomic E-state index is 0.0247. The molecular formula is C28H33NO6. The zero-order valence-corrected chi connectivity index (χ0v) is 20.7. The Balaban J connectivity index is 1.87. The number of hydrogen-bond acceptors (Lipinski definition) is 6. The first kappa shape index (κ1) is 26.1. The summed E-state index contributed by atoms with van der Waals surface area (Å²) in [5.41, 5.74) is 2.29. The first-order chi connectivity index (χ1) is 16.7. The number of carbonyl (C=O) groups excluding carboxylic acids is 4. The summed E-state index contributed by atoms with van der Waals surface area (Å²) in [6.07, 6.45) is -0.0950. The van der Waals surface area contributed by atoms with Crippen LogP contribution in [0.3, 0.4) is 0 Å². The van der Waals surface area contributed by atoms with E-state index >= 15 is 0 Å². The van der Waals surface area contributed by atoms with Gasteiger partial charge in [-0.05, 0) is 23.5 Å². The lowest BCUT2D eigenvalue weighted by Crippen LogP contribution is -2.44. The zero-order valence-electron chi connectivity index (χ0n) is 20.7. The summed E-state index contributed by atoms with van der Waals surface area (Å²) in [5.74, 6) is -2.30. The van der Waals surface area contributed by atoms with E-state index in [2.05, 4.69) is 20.8 Å². The van der Waals surface area contributed by atoms with Crippen LogP contribution in [0.15, 0.2) is 54.6 Å². The average Bonchev–Trinajstić information content (AvgIpc) is 3.22. The van der Waals surface area contributed by atoms with Crippen LogP contribution in [0.2, 0.25) is 0 Å². The summed E-state index contributed by atoms with van der Waals surface area (Å²) < 4.78 is 10.7. The molecule has 35 heavy (non-hydrogen) atoms. The number of nitrogens with zero attached hydrogens (tertiary/aromatic N) is 1.